The number of rotatable bonds is 4. The van der Waals surface area contributed by atoms with Crippen molar-refractivity contribution < 1.29 is 9.59 Å². The lowest BCUT2D eigenvalue weighted by Gasteiger charge is -2.16. The highest BCUT2D eigenvalue weighted by molar-refractivity contribution is 7.20. The van der Waals surface area contributed by atoms with E-state index in [1.165, 1.54) is 11.0 Å². The van der Waals surface area contributed by atoms with Crippen LogP contribution in [0.4, 0.5) is 5.69 Å². The van der Waals surface area contributed by atoms with E-state index >= 15 is 0 Å². The fourth-order valence-corrected chi connectivity index (χ4v) is 3.26. The highest BCUT2D eigenvalue weighted by atomic mass is 35.5. The molecule has 1 aromatic heterocycles. The zero-order chi connectivity index (χ0) is 16.3. The molecule has 2 aromatic rings. The first kappa shape index (κ1) is 16.8. The Balaban J connectivity index is 1.97. The van der Waals surface area contributed by atoms with Crippen LogP contribution in [0, 0.1) is 6.92 Å². The monoisotopic (exact) mass is 356 g/mol. The average Bonchev–Trinajstić information content (AvgIpc) is 2.79. The molecule has 2 rings (SSSR count). The second-order valence-electron chi connectivity index (χ2n) is 4.81. The van der Waals surface area contributed by atoms with E-state index in [2.05, 4.69) is 5.32 Å². The number of likely N-dealkylation sites (N-methyl/N-ethyl adjacent to an activating group) is 1. The van der Waals surface area contributed by atoms with Crippen molar-refractivity contribution in [1.29, 1.82) is 0 Å². The van der Waals surface area contributed by atoms with Crippen molar-refractivity contribution >= 4 is 52.0 Å². The van der Waals surface area contributed by atoms with Gasteiger partial charge in [-0.3, -0.25) is 9.59 Å². The maximum atomic E-state index is 12.2. The lowest BCUT2D eigenvalue weighted by Crippen LogP contribution is -2.34. The molecular weight excluding hydrogens is 343 g/mol. The van der Waals surface area contributed by atoms with Gasteiger partial charge in [-0.25, -0.2) is 0 Å². The molecule has 116 valence electrons. The quantitative estimate of drug-likeness (QED) is 0.897. The van der Waals surface area contributed by atoms with E-state index in [1.807, 2.05) is 31.2 Å². The van der Waals surface area contributed by atoms with Crippen LogP contribution in [0.2, 0.25) is 8.67 Å². The minimum absolute atomic E-state index is 0.0729. The fourth-order valence-electron chi connectivity index (χ4n) is 1.82. The molecule has 0 unspecified atom stereocenters. The van der Waals surface area contributed by atoms with Crippen molar-refractivity contribution in [1.82, 2.24) is 4.90 Å². The molecule has 22 heavy (non-hydrogen) atoms. The number of thiophene rings is 1. The Morgan fingerprint density at radius 3 is 2.41 bits per heavy atom. The van der Waals surface area contributed by atoms with Gasteiger partial charge in [0.2, 0.25) is 5.91 Å². The SMILES string of the molecule is Cc1ccc(NC(=O)CN(C)C(=O)c2cc(Cl)sc2Cl)cc1. The minimum atomic E-state index is -0.341. The summed E-state index contributed by atoms with van der Waals surface area (Å²) in [6.45, 7) is 1.89. The molecule has 1 N–H and O–H groups in total. The summed E-state index contributed by atoms with van der Waals surface area (Å²) in [5.74, 6) is -0.621. The van der Waals surface area contributed by atoms with Gasteiger partial charge in [0.1, 0.15) is 4.34 Å². The van der Waals surface area contributed by atoms with Gasteiger partial charge in [0, 0.05) is 12.7 Å². The molecule has 7 heteroatoms. The van der Waals surface area contributed by atoms with Gasteiger partial charge < -0.3 is 10.2 Å². The molecule has 0 fully saturated rings. The molecule has 0 bridgehead atoms. The lowest BCUT2D eigenvalue weighted by molar-refractivity contribution is -0.116. The third-order valence-corrected chi connectivity index (χ3v) is 4.44. The lowest BCUT2D eigenvalue weighted by atomic mass is 10.2. The molecule has 0 aliphatic carbocycles. The van der Waals surface area contributed by atoms with E-state index in [0.717, 1.165) is 16.9 Å². The largest absolute Gasteiger partial charge is 0.332 e. The summed E-state index contributed by atoms with van der Waals surface area (Å²) in [6, 6.07) is 8.93. The van der Waals surface area contributed by atoms with Crippen LogP contribution in [-0.4, -0.2) is 30.3 Å². The first-order valence-corrected chi connectivity index (χ1v) is 8.01. The number of benzene rings is 1. The van der Waals surface area contributed by atoms with Crippen LogP contribution < -0.4 is 5.32 Å². The van der Waals surface area contributed by atoms with E-state index in [4.69, 9.17) is 23.2 Å². The first-order chi connectivity index (χ1) is 10.4. The number of nitrogens with zero attached hydrogens (tertiary/aromatic N) is 1. The molecular formula is C15H14Cl2N2O2S. The summed E-state index contributed by atoms with van der Waals surface area (Å²) < 4.78 is 0.756. The number of nitrogens with one attached hydrogen (secondary N) is 1. The molecule has 0 spiro atoms. The summed E-state index contributed by atoms with van der Waals surface area (Å²) in [5.41, 5.74) is 2.10. The third kappa shape index (κ3) is 4.22. The van der Waals surface area contributed by atoms with Gasteiger partial charge in [-0.2, -0.15) is 0 Å². The summed E-state index contributed by atoms with van der Waals surface area (Å²) in [5, 5.41) is 2.74. The van der Waals surface area contributed by atoms with Crippen LogP contribution in [-0.2, 0) is 4.79 Å². The molecule has 0 radical (unpaired) electrons. The highest BCUT2D eigenvalue weighted by Gasteiger charge is 2.20. The van der Waals surface area contributed by atoms with Gasteiger partial charge in [0.15, 0.2) is 0 Å². The molecule has 4 nitrogen and oxygen atoms in total. The Kier molecular flexibility index (Phi) is 5.45. The number of carbonyl (C=O) groups is 2. The van der Waals surface area contributed by atoms with Gasteiger partial charge >= 0.3 is 0 Å². The van der Waals surface area contributed by atoms with Crippen LogP contribution >= 0.6 is 34.5 Å². The molecule has 0 saturated heterocycles. The topological polar surface area (TPSA) is 49.4 Å². The third-order valence-electron chi connectivity index (χ3n) is 2.95. The summed E-state index contributed by atoms with van der Waals surface area (Å²) >= 11 is 12.9. The normalized spacial score (nSPS) is 10.4. The summed E-state index contributed by atoms with van der Waals surface area (Å²) in [4.78, 5) is 25.5. The van der Waals surface area contributed by atoms with Gasteiger partial charge in [-0.05, 0) is 25.1 Å². The molecule has 1 aromatic carbocycles. The van der Waals surface area contributed by atoms with E-state index < -0.39 is 0 Å². The number of amides is 2. The van der Waals surface area contributed by atoms with E-state index in [1.54, 1.807) is 7.05 Å². The molecule has 0 saturated carbocycles. The first-order valence-electron chi connectivity index (χ1n) is 6.43. The van der Waals surface area contributed by atoms with Crippen molar-refractivity contribution in [3.8, 4) is 0 Å². The molecule has 2 amide bonds. The Morgan fingerprint density at radius 1 is 1.23 bits per heavy atom. The Bertz CT molecular complexity index is 698. The second kappa shape index (κ2) is 7.13. The highest BCUT2D eigenvalue weighted by Crippen LogP contribution is 2.31. The fraction of sp³-hybridized carbons (Fsp3) is 0.200. The molecule has 0 aliphatic rings. The Morgan fingerprint density at radius 2 is 1.86 bits per heavy atom. The zero-order valence-electron chi connectivity index (χ0n) is 12.0. The van der Waals surface area contributed by atoms with Gasteiger partial charge in [0.05, 0.1) is 16.4 Å². The number of carbonyl (C=O) groups excluding carboxylic acids is 2. The number of halogens is 2. The van der Waals surface area contributed by atoms with Gasteiger partial charge in [-0.15, -0.1) is 11.3 Å². The smallest absolute Gasteiger partial charge is 0.256 e. The predicted octanol–water partition coefficient (Wildman–Crippen LogP) is 4.07. The van der Waals surface area contributed by atoms with E-state index in [-0.39, 0.29) is 18.4 Å². The van der Waals surface area contributed by atoms with E-state index in [0.29, 0.717) is 19.9 Å². The summed E-state index contributed by atoms with van der Waals surface area (Å²) in [6.07, 6.45) is 0. The molecule has 0 aliphatic heterocycles. The number of aryl methyl sites for hydroxylation is 1. The standard InChI is InChI=1S/C15H14Cl2N2O2S/c1-9-3-5-10(6-4-9)18-13(20)8-19(2)15(21)11-7-12(16)22-14(11)17/h3-7H,8H2,1-2H3,(H,18,20). The molecule has 1 heterocycles. The summed E-state index contributed by atoms with van der Waals surface area (Å²) in [7, 11) is 1.54. The van der Waals surface area contributed by atoms with Crippen LogP contribution in [0.15, 0.2) is 30.3 Å². The number of anilines is 1. The van der Waals surface area contributed by atoms with Crippen LogP contribution in [0.5, 0.6) is 0 Å². The van der Waals surface area contributed by atoms with Crippen molar-refractivity contribution in [3.05, 3.63) is 50.1 Å². The van der Waals surface area contributed by atoms with Crippen LogP contribution in [0.1, 0.15) is 15.9 Å². The van der Waals surface area contributed by atoms with Crippen molar-refractivity contribution in [2.75, 3.05) is 18.9 Å². The zero-order valence-corrected chi connectivity index (χ0v) is 14.4. The average molecular weight is 357 g/mol. The van der Waals surface area contributed by atoms with Gasteiger partial charge in [0.25, 0.3) is 5.91 Å². The Labute approximate surface area is 142 Å². The minimum Gasteiger partial charge on any atom is -0.332 e. The van der Waals surface area contributed by atoms with Crippen molar-refractivity contribution in [2.24, 2.45) is 0 Å². The van der Waals surface area contributed by atoms with Crippen molar-refractivity contribution in [3.63, 3.8) is 0 Å². The van der Waals surface area contributed by atoms with E-state index in [9.17, 15) is 9.59 Å². The Hall–Kier alpha value is -1.56. The van der Waals surface area contributed by atoms with Gasteiger partial charge in [-0.1, -0.05) is 40.9 Å². The second-order valence-corrected chi connectivity index (χ2v) is 7.10. The molecule has 0 atom stereocenters. The number of hydrogen-bond donors (Lipinski definition) is 1. The maximum Gasteiger partial charge on any atom is 0.256 e. The van der Waals surface area contributed by atoms with Crippen LogP contribution in [0.25, 0.3) is 0 Å². The predicted molar refractivity (Wildman–Crippen MR) is 91.1 cm³/mol. The van der Waals surface area contributed by atoms with Crippen LogP contribution in [0.3, 0.4) is 0 Å². The maximum absolute atomic E-state index is 12.2. The van der Waals surface area contributed by atoms with Crippen molar-refractivity contribution in [2.45, 2.75) is 6.92 Å². The number of hydrogen-bond acceptors (Lipinski definition) is 3.